The number of anilines is 1. The zero-order valence-corrected chi connectivity index (χ0v) is 9.26. The quantitative estimate of drug-likeness (QED) is 0.820. The number of piperidine rings is 1. The van der Waals surface area contributed by atoms with Gasteiger partial charge in [-0.3, -0.25) is 0 Å². The highest BCUT2D eigenvalue weighted by Crippen LogP contribution is 2.17. The van der Waals surface area contributed by atoms with E-state index in [1.165, 1.54) is 37.5 Å². The number of aromatic nitrogens is 2. The van der Waals surface area contributed by atoms with Crippen LogP contribution in [-0.4, -0.2) is 41.2 Å². The molecule has 0 spiro atoms. The molecule has 1 fully saturated rings. The summed E-state index contributed by atoms with van der Waals surface area (Å²) in [4.78, 5) is 2.39. The predicted octanol–water partition coefficient (Wildman–Crippen LogP) is 1.29. The minimum Gasteiger partial charge on any atom is -0.374 e. The van der Waals surface area contributed by atoms with Crippen molar-refractivity contribution in [3.05, 3.63) is 6.20 Å². The van der Waals surface area contributed by atoms with Crippen molar-refractivity contribution in [2.45, 2.75) is 12.8 Å². The lowest BCUT2D eigenvalue weighted by atomic mass is 9.97. The fourth-order valence-corrected chi connectivity index (χ4v) is 2.18. The first-order valence-electron chi connectivity index (χ1n) is 5.04. The monoisotopic (exact) mass is 212 g/mol. The van der Waals surface area contributed by atoms with Crippen LogP contribution in [0.25, 0.3) is 0 Å². The molecule has 0 aliphatic carbocycles. The molecule has 1 aromatic heterocycles. The van der Waals surface area contributed by atoms with Crippen LogP contribution in [0.15, 0.2) is 6.20 Å². The van der Waals surface area contributed by atoms with Crippen LogP contribution >= 0.6 is 11.5 Å². The SMILES string of the molecule is CN1CCC(CNc2cnns2)CC1. The van der Waals surface area contributed by atoms with Gasteiger partial charge in [0.1, 0.15) is 5.00 Å². The van der Waals surface area contributed by atoms with E-state index in [2.05, 4.69) is 26.9 Å². The van der Waals surface area contributed by atoms with Gasteiger partial charge < -0.3 is 10.2 Å². The Balaban J connectivity index is 1.71. The van der Waals surface area contributed by atoms with Crippen molar-refractivity contribution in [2.75, 3.05) is 32.0 Å². The van der Waals surface area contributed by atoms with Crippen LogP contribution in [0.4, 0.5) is 5.00 Å². The van der Waals surface area contributed by atoms with E-state index in [4.69, 9.17) is 0 Å². The number of hydrogen-bond donors (Lipinski definition) is 1. The molecule has 0 saturated carbocycles. The Labute approximate surface area is 88.5 Å². The summed E-state index contributed by atoms with van der Waals surface area (Å²) in [7, 11) is 2.19. The third-order valence-corrected chi connectivity index (χ3v) is 3.39. The number of rotatable bonds is 3. The van der Waals surface area contributed by atoms with Gasteiger partial charge in [0.15, 0.2) is 0 Å². The van der Waals surface area contributed by atoms with Crippen LogP contribution in [0, 0.1) is 5.92 Å². The van der Waals surface area contributed by atoms with Gasteiger partial charge in [-0.15, -0.1) is 5.10 Å². The first-order valence-corrected chi connectivity index (χ1v) is 5.81. The van der Waals surface area contributed by atoms with Gasteiger partial charge in [-0.25, -0.2) is 0 Å². The van der Waals surface area contributed by atoms with E-state index in [1.54, 1.807) is 6.20 Å². The molecule has 1 saturated heterocycles. The molecule has 0 radical (unpaired) electrons. The lowest BCUT2D eigenvalue weighted by Gasteiger charge is -2.28. The number of hydrogen-bond acceptors (Lipinski definition) is 5. The van der Waals surface area contributed by atoms with E-state index < -0.39 is 0 Å². The van der Waals surface area contributed by atoms with Crippen molar-refractivity contribution in [1.82, 2.24) is 14.5 Å². The van der Waals surface area contributed by atoms with Gasteiger partial charge in [0.25, 0.3) is 0 Å². The predicted molar refractivity (Wildman–Crippen MR) is 58.6 cm³/mol. The topological polar surface area (TPSA) is 41.0 Å². The molecule has 0 aromatic carbocycles. The molecular formula is C9H16N4S. The molecule has 0 bridgehead atoms. The molecule has 1 aromatic rings. The molecule has 4 nitrogen and oxygen atoms in total. The van der Waals surface area contributed by atoms with Crippen LogP contribution < -0.4 is 5.32 Å². The van der Waals surface area contributed by atoms with Crippen molar-refractivity contribution in [3.63, 3.8) is 0 Å². The van der Waals surface area contributed by atoms with Gasteiger partial charge in [-0.05, 0) is 38.9 Å². The van der Waals surface area contributed by atoms with E-state index in [-0.39, 0.29) is 0 Å². The first kappa shape index (κ1) is 9.86. The van der Waals surface area contributed by atoms with Crippen molar-refractivity contribution >= 4 is 16.5 Å². The maximum Gasteiger partial charge on any atom is 0.130 e. The second-order valence-electron chi connectivity index (χ2n) is 3.91. The summed E-state index contributed by atoms with van der Waals surface area (Å²) in [5.74, 6) is 0.813. The average molecular weight is 212 g/mol. The number of nitrogens with one attached hydrogen (secondary N) is 1. The number of likely N-dealkylation sites (tertiary alicyclic amines) is 1. The van der Waals surface area contributed by atoms with Gasteiger partial charge in [0.05, 0.1) is 6.20 Å². The summed E-state index contributed by atoms with van der Waals surface area (Å²) in [6, 6.07) is 0. The molecule has 2 heterocycles. The highest BCUT2D eigenvalue weighted by molar-refractivity contribution is 7.09. The summed E-state index contributed by atoms with van der Waals surface area (Å²) >= 11 is 1.43. The molecule has 78 valence electrons. The Morgan fingerprint density at radius 3 is 3.00 bits per heavy atom. The van der Waals surface area contributed by atoms with Gasteiger partial charge in [0, 0.05) is 18.1 Å². The Morgan fingerprint density at radius 2 is 2.36 bits per heavy atom. The Morgan fingerprint density at radius 1 is 1.57 bits per heavy atom. The van der Waals surface area contributed by atoms with Crippen molar-refractivity contribution in [1.29, 1.82) is 0 Å². The Bertz CT molecular complexity index is 254. The van der Waals surface area contributed by atoms with E-state index in [0.717, 1.165) is 17.5 Å². The van der Waals surface area contributed by atoms with Crippen LogP contribution in [0.2, 0.25) is 0 Å². The Hall–Kier alpha value is -0.680. The third kappa shape index (κ3) is 2.65. The summed E-state index contributed by atoms with van der Waals surface area (Å²) in [6.07, 6.45) is 4.39. The first-order chi connectivity index (χ1) is 6.84. The fourth-order valence-electron chi connectivity index (χ4n) is 1.76. The minimum atomic E-state index is 0.813. The van der Waals surface area contributed by atoms with Crippen LogP contribution in [0.3, 0.4) is 0 Å². The zero-order valence-electron chi connectivity index (χ0n) is 8.44. The largest absolute Gasteiger partial charge is 0.374 e. The third-order valence-electron chi connectivity index (χ3n) is 2.76. The van der Waals surface area contributed by atoms with E-state index in [0.29, 0.717) is 0 Å². The summed E-state index contributed by atoms with van der Waals surface area (Å²) in [5, 5.41) is 8.27. The molecule has 2 rings (SSSR count). The summed E-state index contributed by atoms with van der Waals surface area (Å²) in [6.45, 7) is 3.53. The van der Waals surface area contributed by atoms with E-state index >= 15 is 0 Å². The maximum atomic E-state index is 3.82. The zero-order chi connectivity index (χ0) is 9.80. The fraction of sp³-hybridized carbons (Fsp3) is 0.778. The average Bonchev–Trinajstić information content (AvgIpc) is 2.70. The minimum absolute atomic E-state index is 0.813. The van der Waals surface area contributed by atoms with E-state index in [9.17, 15) is 0 Å². The van der Waals surface area contributed by atoms with Crippen molar-refractivity contribution < 1.29 is 0 Å². The smallest absolute Gasteiger partial charge is 0.130 e. The second-order valence-corrected chi connectivity index (χ2v) is 4.70. The molecule has 0 unspecified atom stereocenters. The second kappa shape index (κ2) is 4.70. The molecule has 1 aliphatic heterocycles. The molecule has 1 aliphatic rings. The highest BCUT2D eigenvalue weighted by Gasteiger charge is 2.16. The van der Waals surface area contributed by atoms with E-state index in [1.807, 2.05) is 0 Å². The lowest BCUT2D eigenvalue weighted by Crippen LogP contribution is -2.32. The van der Waals surface area contributed by atoms with Crippen LogP contribution in [0.1, 0.15) is 12.8 Å². The Kier molecular flexibility index (Phi) is 3.31. The lowest BCUT2D eigenvalue weighted by molar-refractivity contribution is 0.226. The summed E-state index contributed by atoms with van der Waals surface area (Å²) in [5.41, 5.74) is 0. The highest BCUT2D eigenvalue weighted by atomic mass is 32.1. The van der Waals surface area contributed by atoms with Crippen LogP contribution in [-0.2, 0) is 0 Å². The van der Waals surface area contributed by atoms with Crippen molar-refractivity contribution in [3.8, 4) is 0 Å². The molecule has 1 N–H and O–H groups in total. The number of nitrogens with zero attached hydrogens (tertiary/aromatic N) is 3. The van der Waals surface area contributed by atoms with Gasteiger partial charge in [0.2, 0.25) is 0 Å². The molecule has 0 atom stereocenters. The van der Waals surface area contributed by atoms with Crippen LogP contribution in [0.5, 0.6) is 0 Å². The maximum absolute atomic E-state index is 3.82. The standard InChI is InChI=1S/C9H16N4S/c1-13-4-2-8(3-5-13)6-10-9-7-11-12-14-9/h7-8,10H,2-6H2,1H3. The normalized spacial score (nSPS) is 19.8. The molecule has 5 heteroatoms. The van der Waals surface area contributed by atoms with Gasteiger partial charge in [-0.1, -0.05) is 4.49 Å². The molecular weight excluding hydrogens is 196 g/mol. The van der Waals surface area contributed by atoms with Crippen molar-refractivity contribution in [2.24, 2.45) is 5.92 Å². The summed E-state index contributed by atoms with van der Waals surface area (Å²) < 4.78 is 3.82. The van der Waals surface area contributed by atoms with Gasteiger partial charge >= 0.3 is 0 Å². The van der Waals surface area contributed by atoms with Gasteiger partial charge in [-0.2, -0.15) is 0 Å². The molecule has 14 heavy (non-hydrogen) atoms. The molecule has 0 amide bonds.